The molecule has 0 fully saturated rings. The number of halogens is 1. The number of aliphatic imine (C=N–C) groups is 1. The molecular formula is C17H35IN6. The van der Waals surface area contributed by atoms with E-state index in [0.717, 1.165) is 44.3 Å². The van der Waals surface area contributed by atoms with Crippen molar-refractivity contribution in [2.24, 2.45) is 12.0 Å². The Morgan fingerprint density at radius 2 is 1.83 bits per heavy atom. The van der Waals surface area contributed by atoms with E-state index < -0.39 is 0 Å². The van der Waals surface area contributed by atoms with Crippen molar-refractivity contribution in [3.63, 3.8) is 0 Å². The molecule has 0 spiro atoms. The van der Waals surface area contributed by atoms with E-state index in [4.69, 9.17) is 0 Å². The zero-order valence-corrected chi connectivity index (χ0v) is 18.5. The van der Waals surface area contributed by atoms with E-state index in [9.17, 15) is 0 Å². The van der Waals surface area contributed by atoms with Crippen molar-refractivity contribution in [2.45, 2.75) is 47.1 Å². The Labute approximate surface area is 164 Å². The quantitative estimate of drug-likeness (QED) is 0.263. The summed E-state index contributed by atoms with van der Waals surface area (Å²) in [5.41, 5.74) is 3.52. The van der Waals surface area contributed by atoms with Crippen LogP contribution in [-0.4, -0.2) is 53.9 Å². The molecule has 0 saturated heterocycles. The van der Waals surface area contributed by atoms with Gasteiger partial charge in [0.1, 0.15) is 0 Å². The zero-order valence-electron chi connectivity index (χ0n) is 16.1. The minimum atomic E-state index is 0. The fourth-order valence-corrected chi connectivity index (χ4v) is 2.67. The molecule has 1 aromatic heterocycles. The normalized spacial score (nSPS) is 11.5. The summed E-state index contributed by atoms with van der Waals surface area (Å²) in [6, 6.07) is 0. The van der Waals surface area contributed by atoms with Crippen molar-refractivity contribution < 1.29 is 0 Å². The van der Waals surface area contributed by atoms with Crippen LogP contribution in [0.1, 0.15) is 43.6 Å². The number of hydrogen-bond acceptors (Lipinski definition) is 3. The molecule has 7 heteroatoms. The second kappa shape index (κ2) is 12.5. The van der Waals surface area contributed by atoms with Gasteiger partial charge in [-0.2, -0.15) is 5.10 Å². The molecule has 1 heterocycles. The molecule has 140 valence electrons. The zero-order chi connectivity index (χ0) is 17.2. The Morgan fingerprint density at radius 3 is 2.33 bits per heavy atom. The number of nitrogens with zero attached hydrogens (tertiary/aromatic N) is 4. The number of guanidine groups is 1. The molecule has 0 aromatic carbocycles. The first kappa shape index (κ1) is 23.2. The highest BCUT2D eigenvalue weighted by Crippen LogP contribution is 2.10. The highest BCUT2D eigenvalue weighted by molar-refractivity contribution is 14.0. The molecule has 0 unspecified atom stereocenters. The van der Waals surface area contributed by atoms with Gasteiger partial charge in [-0.25, -0.2) is 0 Å². The highest BCUT2D eigenvalue weighted by Gasteiger charge is 2.09. The van der Waals surface area contributed by atoms with Crippen LogP contribution in [-0.2, 0) is 13.6 Å². The first-order valence-corrected chi connectivity index (χ1v) is 8.69. The first-order valence-electron chi connectivity index (χ1n) is 8.69. The molecule has 1 rings (SSSR count). The van der Waals surface area contributed by atoms with E-state index in [1.54, 1.807) is 0 Å². The van der Waals surface area contributed by atoms with Crippen LogP contribution in [0, 0.1) is 13.8 Å². The van der Waals surface area contributed by atoms with Gasteiger partial charge < -0.3 is 15.5 Å². The molecule has 0 radical (unpaired) electrons. The van der Waals surface area contributed by atoms with Gasteiger partial charge in [-0.15, -0.1) is 24.0 Å². The number of aromatic nitrogens is 2. The number of rotatable bonds is 9. The van der Waals surface area contributed by atoms with Gasteiger partial charge >= 0.3 is 0 Å². The van der Waals surface area contributed by atoms with Crippen LogP contribution < -0.4 is 10.6 Å². The number of unbranched alkanes of at least 4 members (excludes halogenated alkanes) is 1. The van der Waals surface area contributed by atoms with Crippen LogP contribution >= 0.6 is 24.0 Å². The van der Waals surface area contributed by atoms with E-state index in [1.807, 2.05) is 25.7 Å². The van der Waals surface area contributed by atoms with Gasteiger partial charge in [0.25, 0.3) is 0 Å². The SMILES string of the molecule is CCN(CC)CCCCNC(=NC)NCc1c(C)nn(C)c1C.I. The predicted molar refractivity (Wildman–Crippen MR) is 113 cm³/mol. The molecule has 0 aliphatic carbocycles. The number of nitrogens with one attached hydrogen (secondary N) is 2. The molecule has 2 N–H and O–H groups in total. The van der Waals surface area contributed by atoms with Gasteiger partial charge in [-0.1, -0.05) is 13.8 Å². The Balaban J connectivity index is 0.00000529. The minimum absolute atomic E-state index is 0. The Morgan fingerprint density at radius 1 is 1.17 bits per heavy atom. The molecular weight excluding hydrogens is 415 g/mol. The average Bonchev–Trinajstić information content (AvgIpc) is 2.79. The summed E-state index contributed by atoms with van der Waals surface area (Å²) in [6.45, 7) is 13.7. The molecule has 0 amide bonds. The molecule has 0 aliphatic rings. The van der Waals surface area contributed by atoms with Gasteiger partial charge in [0.05, 0.1) is 5.69 Å². The summed E-state index contributed by atoms with van der Waals surface area (Å²) in [5.74, 6) is 0.857. The summed E-state index contributed by atoms with van der Waals surface area (Å²) in [4.78, 5) is 6.75. The van der Waals surface area contributed by atoms with Crippen LogP contribution in [0.25, 0.3) is 0 Å². The van der Waals surface area contributed by atoms with E-state index >= 15 is 0 Å². The van der Waals surface area contributed by atoms with Gasteiger partial charge in [-0.05, 0) is 46.3 Å². The van der Waals surface area contributed by atoms with E-state index in [0.29, 0.717) is 0 Å². The second-order valence-corrected chi connectivity index (χ2v) is 5.86. The topological polar surface area (TPSA) is 57.5 Å². The molecule has 0 saturated carbocycles. The molecule has 0 atom stereocenters. The smallest absolute Gasteiger partial charge is 0.191 e. The molecule has 0 aliphatic heterocycles. The van der Waals surface area contributed by atoms with E-state index in [2.05, 4.69) is 46.4 Å². The largest absolute Gasteiger partial charge is 0.356 e. The van der Waals surface area contributed by atoms with Gasteiger partial charge in [0, 0.05) is 38.4 Å². The maximum Gasteiger partial charge on any atom is 0.191 e. The van der Waals surface area contributed by atoms with Crippen LogP contribution in [0.5, 0.6) is 0 Å². The van der Waals surface area contributed by atoms with Crippen molar-refractivity contribution >= 4 is 29.9 Å². The average molecular weight is 450 g/mol. The Hall–Kier alpha value is -0.830. The standard InChI is InChI=1S/C17H34N6.HI/c1-7-23(8-2)12-10-9-11-19-17(18-5)20-13-16-14(3)21-22(6)15(16)4;/h7-13H2,1-6H3,(H2,18,19,20);1H. The van der Waals surface area contributed by atoms with Gasteiger partial charge in [-0.3, -0.25) is 9.67 Å². The molecule has 0 bridgehead atoms. The van der Waals surface area contributed by atoms with Crippen LogP contribution in [0.15, 0.2) is 4.99 Å². The maximum absolute atomic E-state index is 4.45. The van der Waals surface area contributed by atoms with E-state index in [1.165, 1.54) is 24.2 Å². The van der Waals surface area contributed by atoms with Crippen LogP contribution in [0.2, 0.25) is 0 Å². The maximum atomic E-state index is 4.45. The van der Waals surface area contributed by atoms with Crippen molar-refractivity contribution in [3.8, 4) is 0 Å². The summed E-state index contributed by atoms with van der Waals surface area (Å²) in [7, 11) is 3.79. The van der Waals surface area contributed by atoms with Crippen molar-refractivity contribution in [1.82, 2.24) is 25.3 Å². The predicted octanol–water partition coefficient (Wildman–Crippen LogP) is 2.44. The summed E-state index contributed by atoms with van der Waals surface area (Å²) >= 11 is 0. The lowest BCUT2D eigenvalue weighted by Gasteiger charge is -2.18. The molecule has 1 aromatic rings. The summed E-state index contributed by atoms with van der Waals surface area (Å²) < 4.78 is 1.93. The fraction of sp³-hybridized carbons (Fsp3) is 0.765. The van der Waals surface area contributed by atoms with E-state index in [-0.39, 0.29) is 24.0 Å². The molecule has 6 nitrogen and oxygen atoms in total. The monoisotopic (exact) mass is 450 g/mol. The van der Waals surface area contributed by atoms with Crippen LogP contribution in [0.4, 0.5) is 0 Å². The van der Waals surface area contributed by atoms with Crippen molar-refractivity contribution in [1.29, 1.82) is 0 Å². The number of hydrogen-bond donors (Lipinski definition) is 2. The van der Waals surface area contributed by atoms with Crippen molar-refractivity contribution in [2.75, 3.05) is 33.2 Å². The van der Waals surface area contributed by atoms with Crippen LogP contribution in [0.3, 0.4) is 0 Å². The number of aryl methyl sites for hydroxylation is 2. The first-order chi connectivity index (χ1) is 11.0. The Bertz CT molecular complexity index is 494. The molecule has 24 heavy (non-hydrogen) atoms. The second-order valence-electron chi connectivity index (χ2n) is 5.86. The van der Waals surface area contributed by atoms with Crippen molar-refractivity contribution in [3.05, 3.63) is 17.0 Å². The highest BCUT2D eigenvalue weighted by atomic mass is 127. The van der Waals surface area contributed by atoms with Gasteiger partial charge in [0.15, 0.2) is 5.96 Å². The third-order valence-corrected chi connectivity index (χ3v) is 4.40. The lowest BCUT2D eigenvalue weighted by Crippen LogP contribution is -2.37. The lowest BCUT2D eigenvalue weighted by molar-refractivity contribution is 0.297. The minimum Gasteiger partial charge on any atom is -0.356 e. The third-order valence-electron chi connectivity index (χ3n) is 4.40. The summed E-state index contributed by atoms with van der Waals surface area (Å²) in [6.07, 6.45) is 2.37. The summed E-state index contributed by atoms with van der Waals surface area (Å²) in [5, 5.41) is 11.2. The van der Waals surface area contributed by atoms with Gasteiger partial charge in [0.2, 0.25) is 0 Å². The fourth-order valence-electron chi connectivity index (χ4n) is 2.67. The lowest BCUT2D eigenvalue weighted by atomic mass is 10.2. The third kappa shape index (κ3) is 7.38. The Kier molecular flexibility index (Phi) is 12.1.